The fourth-order valence-corrected chi connectivity index (χ4v) is 4.40. The molecule has 0 atom stereocenters. The van der Waals surface area contributed by atoms with Crippen molar-refractivity contribution in [3.8, 4) is 12.3 Å². The summed E-state index contributed by atoms with van der Waals surface area (Å²) in [4.78, 5) is 22.2. The fraction of sp³-hybridized carbons (Fsp3) is 0.524. The van der Waals surface area contributed by atoms with Crippen LogP contribution < -0.4 is 4.90 Å². The summed E-state index contributed by atoms with van der Waals surface area (Å²) in [6, 6.07) is 4.13. The number of nitrogens with zero attached hydrogens (tertiary/aromatic N) is 3. The van der Waals surface area contributed by atoms with E-state index in [0.717, 1.165) is 49.0 Å². The molecular weight excluding hydrogens is 310 g/mol. The fourth-order valence-electron chi connectivity index (χ4n) is 4.40. The molecule has 0 aromatic carbocycles. The van der Waals surface area contributed by atoms with E-state index < -0.39 is 0 Å². The van der Waals surface area contributed by atoms with Gasteiger partial charge in [-0.1, -0.05) is 12.0 Å². The molecule has 4 nitrogen and oxygen atoms in total. The maximum Gasteiger partial charge on any atom is 0.177 e. The van der Waals surface area contributed by atoms with E-state index in [0.29, 0.717) is 17.4 Å². The number of rotatable bonds is 2. The largest absolute Gasteiger partial charge is 0.369 e. The maximum atomic E-state index is 12.6. The standard InChI is InChI=1S/C21H23N3O/c1-2-16-17(25)14-15-4-5-18(23-10-3-11-23)22-19(15)20(16)24-12-8-21(6-7-21)9-13-24/h1,4-5H,3,6-14H2. The molecule has 0 bridgehead atoms. The highest BCUT2D eigenvalue weighted by atomic mass is 16.1. The summed E-state index contributed by atoms with van der Waals surface area (Å²) >= 11 is 0. The van der Waals surface area contributed by atoms with Gasteiger partial charge in [0.1, 0.15) is 5.82 Å². The number of carbonyl (C=O) groups is 1. The first-order valence-electron chi connectivity index (χ1n) is 9.43. The van der Waals surface area contributed by atoms with Crippen molar-refractivity contribution in [2.45, 2.75) is 38.5 Å². The molecule has 25 heavy (non-hydrogen) atoms. The summed E-state index contributed by atoms with van der Waals surface area (Å²) in [7, 11) is 0. The van der Waals surface area contributed by atoms with Crippen LogP contribution in [0.2, 0.25) is 0 Å². The van der Waals surface area contributed by atoms with Gasteiger partial charge in [-0.25, -0.2) is 4.98 Å². The number of pyridine rings is 1. The normalized spacial score (nSPS) is 24.0. The summed E-state index contributed by atoms with van der Waals surface area (Å²) in [5.41, 5.74) is 4.03. The van der Waals surface area contributed by atoms with Crippen molar-refractivity contribution < 1.29 is 4.79 Å². The van der Waals surface area contributed by atoms with E-state index in [2.05, 4.69) is 27.9 Å². The number of allylic oxidation sites excluding steroid dienone is 1. The van der Waals surface area contributed by atoms with Crippen molar-refractivity contribution in [1.29, 1.82) is 0 Å². The minimum atomic E-state index is 0.0650. The lowest BCUT2D eigenvalue weighted by atomic mass is 9.88. The van der Waals surface area contributed by atoms with E-state index >= 15 is 0 Å². The average molecular weight is 333 g/mol. The molecule has 2 aliphatic carbocycles. The summed E-state index contributed by atoms with van der Waals surface area (Å²) in [5.74, 6) is 3.77. The minimum absolute atomic E-state index is 0.0650. The van der Waals surface area contributed by atoms with Crippen LogP contribution >= 0.6 is 0 Å². The Morgan fingerprint density at radius 3 is 2.40 bits per heavy atom. The number of anilines is 1. The summed E-state index contributed by atoms with van der Waals surface area (Å²) in [5, 5.41) is 0. The number of terminal acetylenes is 1. The lowest BCUT2D eigenvalue weighted by Crippen LogP contribution is -2.39. The number of ketones is 1. The molecule has 4 heteroatoms. The molecule has 1 spiro atoms. The van der Waals surface area contributed by atoms with E-state index in [-0.39, 0.29) is 5.78 Å². The molecule has 0 amide bonds. The quantitative estimate of drug-likeness (QED) is 0.780. The van der Waals surface area contributed by atoms with Gasteiger partial charge in [0, 0.05) is 32.6 Å². The van der Waals surface area contributed by atoms with Gasteiger partial charge in [-0.2, -0.15) is 0 Å². The maximum absolute atomic E-state index is 12.6. The van der Waals surface area contributed by atoms with Gasteiger partial charge in [-0.05, 0) is 49.1 Å². The number of carbonyl (C=O) groups excluding carboxylic acids is 1. The predicted molar refractivity (Wildman–Crippen MR) is 98.0 cm³/mol. The van der Waals surface area contributed by atoms with Gasteiger partial charge in [-0.3, -0.25) is 4.79 Å². The molecule has 2 aliphatic heterocycles. The van der Waals surface area contributed by atoms with Crippen LogP contribution in [-0.2, 0) is 11.2 Å². The highest BCUT2D eigenvalue weighted by Gasteiger charge is 2.45. The first-order valence-corrected chi connectivity index (χ1v) is 9.43. The van der Waals surface area contributed by atoms with Crippen molar-refractivity contribution in [2.24, 2.45) is 5.41 Å². The van der Waals surface area contributed by atoms with Crippen LogP contribution in [0.3, 0.4) is 0 Å². The van der Waals surface area contributed by atoms with Gasteiger partial charge in [-0.15, -0.1) is 6.42 Å². The number of likely N-dealkylation sites (tertiary alicyclic amines) is 1. The number of Topliss-reactive ketones (excluding diaryl/α,β-unsaturated/α-hetero) is 1. The van der Waals surface area contributed by atoms with Crippen LogP contribution in [-0.4, -0.2) is 41.8 Å². The minimum Gasteiger partial charge on any atom is -0.369 e. The third-order valence-corrected chi connectivity index (χ3v) is 6.48. The Hall–Kier alpha value is -2.28. The Morgan fingerprint density at radius 1 is 1.04 bits per heavy atom. The Balaban J connectivity index is 1.56. The molecule has 128 valence electrons. The summed E-state index contributed by atoms with van der Waals surface area (Å²) < 4.78 is 0. The number of hydrogen-bond donors (Lipinski definition) is 0. The topological polar surface area (TPSA) is 36.4 Å². The summed E-state index contributed by atoms with van der Waals surface area (Å²) in [6.07, 6.45) is 12.5. The monoisotopic (exact) mass is 333 g/mol. The Morgan fingerprint density at radius 2 is 1.80 bits per heavy atom. The van der Waals surface area contributed by atoms with E-state index in [4.69, 9.17) is 11.4 Å². The molecule has 1 aromatic heterocycles. The Bertz CT molecular complexity index is 814. The van der Waals surface area contributed by atoms with E-state index in [1.165, 1.54) is 32.1 Å². The van der Waals surface area contributed by atoms with E-state index in [1.807, 2.05) is 0 Å². The molecule has 5 rings (SSSR count). The molecular formula is C21H23N3O. The van der Waals surface area contributed by atoms with Gasteiger partial charge in [0.25, 0.3) is 0 Å². The van der Waals surface area contributed by atoms with Crippen molar-refractivity contribution in [1.82, 2.24) is 9.88 Å². The van der Waals surface area contributed by atoms with Gasteiger partial charge >= 0.3 is 0 Å². The molecule has 3 heterocycles. The van der Waals surface area contributed by atoms with Crippen LogP contribution in [0.1, 0.15) is 43.4 Å². The lowest BCUT2D eigenvalue weighted by Gasteiger charge is -2.38. The highest BCUT2D eigenvalue weighted by molar-refractivity contribution is 6.09. The zero-order chi connectivity index (χ0) is 17.0. The Labute approximate surface area is 148 Å². The second-order valence-electron chi connectivity index (χ2n) is 7.97. The van der Waals surface area contributed by atoms with Crippen LogP contribution in [0.4, 0.5) is 5.82 Å². The van der Waals surface area contributed by atoms with Crippen molar-refractivity contribution >= 4 is 17.3 Å². The van der Waals surface area contributed by atoms with Crippen LogP contribution in [0.5, 0.6) is 0 Å². The van der Waals surface area contributed by atoms with Gasteiger partial charge in [0.05, 0.1) is 17.0 Å². The molecule has 0 radical (unpaired) electrons. The molecule has 4 aliphatic rings. The predicted octanol–water partition coefficient (Wildman–Crippen LogP) is 2.64. The molecule has 0 unspecified atom stereocenters. The zero-order valence-electron chi connectivity index (χ0n) is 14.6. The molecule has 3 fully saturated rings. The third kappa shape index (κ3) is 2.37. The van der Waals surface area contributed by atoms with E-state index in [9.17, 15) is 4.79 Å². The van der Waals surface area contributed by atoms with Crippen molar-refractivity contribution in [2.75, 3.05) is 31.1 Å². The number of hydrogen-bond acceptors (Lipinski definition) is 4. The number of aromatic nitrogens is 1. The average Bonchev–Trinajstić information content (AvgIpc) is 3.32. The van der Waals surface area contributed by atoms with Crippen LogP contribution in [0.25, 0.3) is 5.70 Å². The zero-order valence-corrected chi connectivity index (χ0v) is 14.6. The first kappa shape index (κ1) is 15.0. The Kier molecular flexibility index (Phi) is 3.22. The number of piperidine rings is 1. The van der Waals surface area contributed by atoms with Crippen molar-refractivity contribution in [3.05, 3.63) is 29.0 Å². The SMILES string of the molecule is C#CC1=C(N2CCC3(CC2)CC3)c2nc(N3CCC3)ccc2CC1=O. The molecule has 1 aromatic rings. The third-order valence-electron chi connectivity index (χ3n) is 6.48. The van der Waals surface area contributed by atoms with Crippen molar-refractivity contribution in [3.63, 3.8) is 0 Å². The van der Waals surface area contributed by atoms with Gasteiger partial charge in [0.2, 0.25) is 0 Å². The second-order valence-corrected chi connectivity index (χ2v) is 7.97. The number of fused-ring (bicyclic) bond motifs is 1. The van der Waals surface area contributed by atoms with Gasteiger partial charge < -0.3 is 9.80 Å². The smallest absolute Gasteiger partial charge is 0.177 e. The highest BCUT2D eigenvalue weighted by Crippen LogP contribution is 2.54. The lowest BCUT2D eigenvalue weighted by molar-refractivity contribution is -0.114. The first-order chi connectivity index (χ1) is 12.2. The molecule has 1 saturated carbocycles. The van der Waals surface area contributed by atoms with E-state index in [1.54, 1.807) is 0 Å². The van der Waals surface area contributed by atoms with Crippen LogP contribution in [0, 0.1) is 17.8 Å². The second kappa shape index (κ2) is 5.36. The molecule has 0 N–H and O–H groups in total. The molecule has 2 saturated heterocycles. The summed E-state index contributed by atoms with van der Waals surface area (Å²) in [6.45, 7) is 4.11. The van der Waals surface area contributed by atoms with Gasteiger partial charge in [0.15, 0.2) is 5.78 Å². The van der Waals surface area contributed by atoms with Crippen LogP contribution in [0.15, 0.2) is 17.7 Å².